The van der Waals surface area contributed by atoms with Crippen molar-refractivity contribution in [3.05, 3.63) is 83.3 Å². The van der Waals surface area contributed by atoms with E-state index in [2.05, 4.69) is 15.3 Å². The van der Waals surface area contributed by atoms with E-state index >= 15 is 0 Å². The highest BCUT2D eigenvalue weighted by Crippen LogP contribution is 2.28. The van der Waals surface area contributed by atoms with E-state index in [1.807, 2.05) is 0 Å². The third-order valence-electron chi connectivity index (χ3n) is 3.99. The lowest BCUT2D eigenvalue weighted by molar-refractivity contribution is 0.506. The zero-order chi connectivity index (χ0) is 19.6. The highest BCUT2D eigenvalue weighted by molar-refractivity contribution is 7.90. The average molecular weight is 389 g/mol. The molecule has 27 heavy (non-hydrogen) atoms. The summed E-state index contributed by atoms with van der Waals surface area (Å²) in [5.74, 6) is -1.47. The van der Waals surface area contributed by atoms with E-state index in [4.69, 9.17) is 0 Å². The number of nitrogens with one attached hydrogen (secondary N) is 1. The summed E-state index contributed by atoms with van der Waals surface area (Å²) in [6.07, 6.45) is 2.49. The molecule has 5 nitrogen and oxygen atoms in total. The number of nitrogens with zero attached hydrogens (tertiary/aromatic N) is 2. The number of aryl methyl sites for hydroxylation is 1. The molecule has 8 heteroatoms. The Hall–Kier alpha value is -2.87. The van der Waals surface area contributed by atoms with Crippen LogP contribution in [0.3, 0.4) is 0 Å². The van der Waals surface area contributed by atoms with E-state index in [9.17, 15) is 17.2 Å². The number of hydrogen-bond acceptors (Lipinski definition) is 5. The van der Waals surface area contributed by atoms with Crippen LogP contribution in [0.25, 0.3) is 0 Å². The Kier molecular flexibility index (Phi) is 5.18. The van der Waals surface area contributed by atoms with E-state index in [1.165, 1.54) is 24.5 Å². The van der Waals surface area contributed by atoms with Gasteiger partial charge in [-0.15, -0.1) is 0 Å². The Balaban J connectivity index is 2.11. The number of sulfone groups is 1. The third-order valence-corrected chi connectivity index (χ3v) is 5.10. The Bertz CT molecular complexity index is 1090. The third kappa shape index (κ3) is 4.46. The molecule has 0 fully saturated rings. The van der Waals surface area contributed by atoms with Crippen molar-refractivity contribution in [1.82, 2.24) is 9.97 Å². The number of anilines is 1. The first-order valence-corrected chi connectivity index (χ1v) is 9.93. The van der Waals surface area contributed by atoms with Crippen molar-refractivity contribution in [3.8, 4) is 0 Å². The van der Waals surface area contributed by atoms with Gasteiger partial charge in [-0.3, -0.25) is 0 Å². The van der Waals surface area contributed by atoms with Crippen LogP contribution in [0.2, 0.25) is 0 Å². The van der Waals surface area contributed by atoms with Gasteiger partial charge in [0.2, 0.25) is 0 Å². The molecule has 0 radical (unpaired) electrons. The summed E-state index contributed by atoms with van der Waals surface area (Å²) in [5.41, 5.74) is 1.72. The molecule has 0 spiro atoms. The van der Waals surface area contributed by atoms with Gasteiger partial charge in [-0.2, -0.15) is 0 Å². The van der Waals surface area contributed by atoms with Gasteiger partial charge in [-0.25, -0.2) is 27.2 Å². The largest absolute Gasteiger partial charge is 0.359 e. The molecule has 0 aliphatic rings. The van der Waals surface area contributed by atoms with Gasteiger partial charge in [-0.1, -0.05) is 18.2 Å². The maximum absolute atomic E-state index is 13.8. The number of benzene rings is 2. The van der Waals surface area contributed by atoms with E-state index in [1.54, 1.807) is 25.1 Å². The zero-order valence-electron chi connectivity index (χ0n) is 14.6. The van der Waals surface area contributed by atoms with Crippen LogP contribution in [0, 0.1) is 18.6 Å². The van der Waals surface area contributed by atoms with Gasteiger partial charge in [0.15, 0.2) is 21.5 Å². The zero-order valence-corrected chi connectivity index (χ0v) is 15.5. The molecule has 140 valence electrons. The minimum absolute atomic E-state index is 0.133. The lowest BCUT2D eigenvalue weighted by atomic mass is 9.98. The van der Waals surface area contributed by atoms with Crippen molar-refractivity contribution in [2.24, 2.45) is 0 Å². The molecule has 0 amide bonds. The summed E-state index contributed by atoms with van der Waals surface area (Å²) < 4.78 is 51.0. The second-order valence-corrected chi connectivity index (χ2v) is 8.16. The Labute approximate surface area is 156 Å². The maximum Gasteiger partial charge on any atom is 0.175 e. The second-order valence-electron chi connectivity index (χ2n) is 6.14. The van der Waals surface area contributed by atoms with Crippen LogP contribution >= 0.6 is 0 Å². The molecule has 3 rings (SSSR count). The molecule has 1 N–H and O–H groups in total. The first-order chi connectivity index (χ1) is 12.7. The molecule has 0 bridgehead atoms. The van der Waals surface area contributed by atoms with Crippen molar-refractivity contribution < 1.29 is 17.2 Å². The number of hydrogen-bond donors (Lipinski definition) is 1. The maximum atomic E-state index is 13.8. The van der Waals surface area contributed by atoms with Gasteiger partial charge in [0.05, 0.1) is 10.9 Å². The molecule has 1 unspecified atom stereocenters. The molecule has 1 heterocycles. The van der Waals surface area contributed by atoms with Gasteiger partial charge in [0.1, 0.15) is 12.1 Å². The number of aromatic nitrogens is 2. The summed E-state index contributed by atoms with van der Waals surface area (Å²) >= 11 is 0. The van der Waals surface area contributed by atoms with Gasteiger partial charge in [0.25, 0.3) is 0 Å². The van der Waals surface area contributed by atoms with Crippen molar-refractivity contribution >= 4 is 15.7 Å². The normalized spacial score (nSPS) is 12.6. The summed E-state index contributed by atoms with van der Waals surface area (Å²) in [6.45, 7) is 1.80. The minimum atomic E-state index is -3.42. The molecule has 3 aromatic rings. The fourth-order valence-corrected chi connectivity index (χ4v) is 3.33. The SMILES string of the molecule is Cc1cc(NC(c2cccc(S(C)(=O)=O)c2)c2ccc(F)c(F)c2)ncn1. The first-order valence-electron chi connectivity index (χ1n) is 8.04. The van der Waals surface area contributed by atoms with Crippen LogP contribution in [-0.2, 0) is 9.84 Å². The molecular weight excluding hydrogens is 372 g/mol. The van der Waals surface area contributed by atoms with Crippen LogP contribution in [0.15, 0.2) is 59.8 Å². The van der Waals surface area contributed by atoms with Crippen LogP contribution < -0.4 is 5.32 Å². The molecule has 0 aliphatic carbocycles. The second kappa shape index (κ2) is 7.40. The molecule has 1 aromatic heterocycles. The molecular formula is C19H17F2N3O2S. The van der Waals surface area contributed by atoms with Crippen LogP contribution in [-0.4, -0.2) is 24.6 Å². The predicted molar refractivity (Wildman–Crippen MR) is 98.1 cm³/mol. The van der Waals surface area contributed by atoms with Crippen molar-refractivity contribution in [2.45, 2.75) is 17.9 Å². The molecule has 1 atom stereocenters. The van der Waals surface area contributed by atoms with E-state index < -0.39 is 27.5 Å². The van der Waals surface area contributed by atoms with Crippen molar-refractivity contribution in [1.29, 1.82) is 0 Å². The predicted octanol–water partition coefficient (Wildman–Crippen LogP) is 3.67. The van der Waals surface area contributed by atoms with Crippen molar-refractivity contribution in [2.75, 3.05) is 11.6 Å². The molecule has 0 saturated heterocycles. The Morgan fingerprint density at radius 2 is 1.70 bits per heavy atom. The van der Waals surface area contributed by atoms with Gasteiger partial charge in [-0.05, 0) is 42.3 Å². The Morgan fingerprint density at radius 1 is 0.963 bits per heavy atom. The fraction of sp³-hybridized carbons (Fsp3) is 0.158. The van der Waals surface area contributed by atoms with Crippen LogP contribution in [0.5, 0.6) is 0 Å². The molecule has 0 aliphatic heterocycles. The average Bonchev–Trinajstić information content (AvgIpc) is 2.62. The number of halogens is 2. The molecule has 0 saturated carbocycles. The number of rotatable bonds is 5. The lowest BCUT2D eigenvalue weighted by Gasteiger charge is -2.21. The smallest absolute Gasteiger partial charge is 0.175 e. The highest BCUT2D eigenvalue weighted by Gasteiger charge is 2.19. The van der Waals surface area contributed by atoms with Gasteiger partial charge < -0.3 is 5.32 Å². The van der Waals surface area contributed by atoms with E-state index in [0.717, 1.165) is 24.1 Å². The van der Waals surface area contributed by atoms with Gasteiger partial charge in [0, 0.05) is 18.0 Å². The quantitative estimate of drug-likeness (QED) is 0.721. The topological polar surface area (TPSA) is 72.0 Å². The van der Waals surface area contributed by atoms with E-state index in [-0.39, 0.29) is 4.90 Å². The van der Waals surface area contributed by atoms with Gasteiger partial charge >= 0.3 is 0 Å². The monoisotopic (exact) mass is 389 g/mol. The standard InChI is InChI=1S/C19H17F2N3O2S/c1-12-8-18(23-11-22-12)24-19(14-6-7-16(20)17(21)10-14)13-4-3-5-15(9-13)27(2,25)26/h3-11,19H,1-2H3,(H,22,23,24). The summed E-state index contributed by atoms with van der Waals surface area (Å²) in [7, 11) is -3.42. The summed E-state index contributed by atoms with van der Waals surface area (Å²) in [6, 6.07) is 10.9. The summed E-state index contributed by atoms with van der Waals surface area (Å²) in [5, 5.41) is 3.14. The van der Waals surface area contributed by atoms with Crippen LogP contribution in [0.1, 0.15) is 22.9 Å². The van der Waals surface area contributed by atoms with E-state index in [0.29, 0.717) is 16.9 Å². The summed E-state index contributed by atoms with van der Waals surface area (Å²) in [4.78, 5) is 8.29. The minimum Gasteiger partial charge on any atom is -0.359 e. The van der Waals surface area contributed by atoms with Crippen molar-refractivity contribution in [3.63, 3.8) is 0 Å². The lowest BCUT2D eigenvalue weighted by Crippen LogP contribution is -2.15. The Morgan fingerprint density at radius 3 is 2.37 bits per heavy atom. The highest BCUT2D eigenvalue weighted by atomic mass is 32.2. The fourth-order valence-electron chi connectivity index (χ4n) is 2.66. The first kappa shape index (κ1) is 18.9. The molecule has 2 aromatic carbocycles. The van der Waals surface area contributed by atoms with Crippen LogP contribution in [0.4, 0.5) is 14.6 Å².